The standard InChI is InChI=1S/C28H25N3O5/c1-17-3-7-21(30-27(32)20-6-10-25-26(14-20)36-12-11-35-25)15-24(17)31-28(33)19-5-9-23-18(13-19)4-8-22(29-23)16-34-2/h3-10,13-15H,11-12,16H2,1-2H3,(H,30,32)(H,31,33). The summed E-state index contributed by atoms with van der Waals surface area (Å²) >= 11 is 0. The fraction of sp³-hybridized carbons (Fsp3) is 0.179. The van der Waals surface area contributed by atoms with Crippen molar-refractivity contribution in [1.82, 2.24) is 4.98 Å². The molecule has 1 aromatic heterocycles. The minimum atomic E-state index is -0.289. The van der Waals surface area contributed by atoms with Gasteiger partial charge in [-0.15, -0.1) is 0 Å². The van der Waals surface area contributed by atoms with Crippen molar-refractivity contribution in [3.63, 3.8) is 0 Å². The zero-order valence-corrected chi connectivity index (χ0v) is 20.0. The number of carbonyl (C=O) groups is 2. The number of anilines is 2. The van der Waals surface area contributed by atoms with Gasteiger partial charge in [-0.3, -0.25) is 14.6 Å². The van der Waals surface area contributed by atoms with E-state index in [-0.39, 0.29) is 11.8 Å². The first-order valence-electron chi connectivity index (χ1n) is 11.5. The van der Waals surface area contributed by atoms with E-state index in [1.54, 1.807) is 49.6 Å². The Morgan fingerprint density at radius 1 is 0.861 bits per heavy atom. The summed E-state index contributed by atoms with van der Waals surface area (Å²) in [7, 11) is 1.63. The van der Waals surface area contributed by atoms with Crippen LogP contribution in [0.5, 0.6) is 11.5 Å². The molecule has 0 saturated carbocycles. The molecule has 182 valence electrons. The third kappa shape index (κ3) is 4.99. The van der Waals surface area contributed by atoms with Crippen LogP contribution in [0.4, 0.5) is 11.4 Å². The number of aryl methyl sites for hydroxylation is 1. The van der Waals surface area contributed by atoms with Crippen molar-refractivity contribution >= 4 is 34.1 Å². The first-order valence-corrected chi connectivity index (χ1v) is 11.5. The topological polar surface area (TPSA) is 98.8 Å². The molecule has 2 heterocycles. The summed E-state index contributed by atoms with van der Waals surface area (Å²) in [6.45, 7) is 3.26. The Kier molecular flexibility index (Phi) is 6.51. The molecule has 0 aliphatic carbocycles. The average molecular weight is 484 g/mol. The van der Waals surface area contributed by atoms with E-state index in [4.69, 9.17) is 14.2 Å². The van der Waals surface area contributed by atoms with Crippen LogP contribution in [0.25, 0.3) is 10.9 Å². The van der Waals surface area contributed by atoms with E-state index in [9.17, 15) is 9.59 Å². The van der Waals surface area contributed by atoms with E-state index in [0.29, 0.717) is 53.8 Å². The molecular formula is C28H25N3O5. The second-order valence-electron chi connectivity index (χ2n) is 8.44. The molecule has 0 fully saturated rings. The molecule has 0 spiro atoms. The van der Waals surface area contributed by atoms with E-state index in [1.807, 2.05) is 31.2 Å². The fourth-order valence-electron chi connectivity index (χ4n) is 3.95. The van der Waals surface area contributed by atoms with Gasteiger partial charge in [0.05, 0.1) is 17.8 Å². The quantitative estimate of drug-likeness (QED) is 0.402. The number of hydrogen-bond acceptors (Lipinski definition) is 6. The molecule has 36 heavy (non-hydrogen) atoms. The highest BCUT2D eigenvalue weighted by atomic mass is 16.6. The van der Waals surface area contributed by atoms with Crippen LogP contribution in [0.2, 0.25) is 0 Å². The molecule has 2 amide bonds. The van der Waals surface area contributed by atoms with Gasteiger partial charge in [0, 0.05) is 35.0 Å². The molecule has 1 aliphatic heterocycles. The van der Waals surface area contributed by atoms with Gasteiger partial charge in [0.25, 0.3) is 11.8 Å². The molecule has 0 bridgehead atoms. The molecular weight excluding hydrogens is 458 g/mol. The largest absolute Gasteiger partial charge is 0.486 e. The highest BCUT2D eigenvalue weighted by Gasteiger charge is 2.16. The Bertz CT molecular complexity index is 1470. The van der Waals surface area contributed by atoms with Crippen LogP contribution in [-0.4, -0.2) is 37.1 Å². The van der Waals surface area contributed by atoms with Gasteiger partial charge in [-0.25, -0.2) is 0 Å². The van der Waals surface area contributed by atoms with Crippen LogP contribution in [0.3, 0.4) is 0 Å². The van der Waals surface area contributed by atoms with Crippen molar-refractivity contribution < 1.29 is 23.8 Å². The predicted molar refractivity (Wildman–Crippen MR) is 137 cm³/mol. The molecule has 0 radical (unpaired) electrons. The van der Waals surface area contributed by atoms with E-state index in [2.05, 4.69) is 15.6 Å². The number of hydrogen-bond donors (Lipinski definition) is 2. The van der Waals surface area contributed by atoms with Gasteiger partial charge in [-0.2, -0.15) is 0 Å². The number of benzene rings is 3. The first-order chi connectivity index (χ1) is 17.5. The van der Waals surface area contributed by atoms with Crippen LogP contribution in [0.1, 0.15) is 32.0 Å². The van der Waals surface area contributed by atoms with Gasteiger partial charge in [0.15, 0.2) is 11.5 Å². The number of aromatic nitrogens is 1. The Labute approximate surface area is 208 Å². The summed E-state index contributed by atoms with van der Waals surface area (Å²) in [6.07, 6.45) is 0. The zero-order chi connectivity index (χ0) is 25.1. The van der Waals surface area contributed by atoms with Crippen LogP contribution in [-0.2, 0) is 11.3 Å². The Hall–Kier alpha value is -4.43. The van der Waals surface area contributed by atoms with Crippen LogP contribution >= 0.6 is 0 Å². The fourth-order valence-corrected chi connectivity index (χ4v) is 3.95. The van der Waals surface area contributed by atoms with Gasteiger partial charge < -0.3 is 24.8 Å². The number of pyridine rings is 1. The number of amides is 2. The van der Waals surface area contributed by atoms with Gasteiger partial charge in [0.1, 0.15) is 13.2 Å². The summed E-state index contributed by atoms with van der Waals surface area (Å²) in [5, 5.41) is 6.69. The van der Waals surface area contributed by atoms with E-state index < -0.39 is 0 Å². The lowest BCUT2D eigenvalue weighted by Gasteiger charge is -2.18. The molecule has 0 atom stereocenters. The van der Waals surface area contributed by atoms with Crippen LogP contribution in [0.15, 0.2) is 66.7 Å². The number of nitrogens with one attached hydrogen (secondary N) is 2. The normalized spacial score (nSPS) is 12.3. The Morgan fingerprint density at radius 3 is 2.44 bits per heavy atom. The van der Waals surface area contributed by atoms with Crippen molar-refractivity contribution in [2.45, 2.75) is 13.5 Å². The molecule has 8 heteroatoms. The number of fused-ring (bicyclic) bond motifs is 2. The maximum Gasteiger partial charge on any atom is 0.255 e. The van der Waals surface area contributed by atoms with Crippen molar-refractivity contribution in [1.29, 1.82) is 0 Å². The van der Waals surface area contributed by atoms with Crippen molar-refractivity contribution in [2.24, 2.45) is 0 Å². The summed E-state index contributed by atoms with van der Waals surface area (Å²) in [6, 6.07) is 19.6. The molecule has 8 nitrogen and oxygen atoms in total. The number of ether oxygens (including phenoxy) is 3. The molecule has 0 saturated heterocycles. The highest BCUT2D eigenvalue weighted by Crippen LogP contribution is 2.31. The van der Waals surface area contributed by atoms with Gasteiger partial charge in [-0.1, -0.05) is 12.1 Å². The summed E-state index contributed by atoms with van der Waals surface area (Å²) in [5.74, 6) is 0.628. The minimum absolute atomic E-state index is 0.253. The second kappa shape index (κ2) is 10.1. The lowest BCUT2D eigenvalue weighted by Crippen LogP contribution is -2.17. The third-order valence-corrected chi connectivity index (χ3v) is 5.85. The smallest absolute Gasteiger partial charge is 0.255 e. The van der Waals surface area contributed by atoms with Gasteiger partial charge >= 0.3 is 0 Å². The lowest BCUT2D eigenvalue weighted by molar-refractivity contribution is 0.101. The molecule has 3 aromatic carbocycles. The van der Waals surface area contributed by atoms with Crippen LogP contribution < -0.4 is 20.1 Å². The number of methoxy groups -OCH3 is 1. The van der Waals surface area contributed by atoms with E-state index in [0.717, 1.165) is 22.2 Å². The molecule has 5 rings (SSSR count). The SMILES string of the molecule is COCc1ccc2cc(C(=O)Nc3cc(NC(=O)c4ccc5c(c4)OCCO5)ccc3C)ccc2n1. The summed E-state index contributed by atoms with van der Waals surface area (Å²) in [4.78, 5) is 30.4. The van der Waals surface area contributed by atoms with E-state index >= 15 is 0 Å². The highest BCUT2D eigenvalue weighted by molar-refractivity contribution is 6.08. The second-order valence-corrected chi connectivity index (χ2v) is 8.44. The average Bonchev–Trinajstić information content (AvgIpc) is 2.90. The molecule has 0 unspecified atom stereocenters. The Balaban J connectivity index is 1.31. The third-order valence-electron chi connectivity index (χ3n) is 5.85. The summed E-state index contributed by atoms with van der Waals surface area (Å²) in [5.41, 5.74) is 4.61. The van der Waals surface area contributed by atoms with Gasteiger partial charge in [-0.05, 0) is 67.1 Å². The minimum Gasteiger partial charge on any atom is -0.486 e. The number of rotatable bonds is 6. The monoisotopic (exact) mass is 483 g/mol. The predicted octanol–water partition coefficient (Wildman–Crippen LogP) is 4.97. The number of nitrogens with zero attached hydrogens (tertiary/aromatic N) is 1. The maximum absolute atomic E-state index is 13.0. The first kappa shape index (κ1) is 23.3. The lowest BCUT2D eigenvalue weighted by atomic mass is 10.1. The van der Waals surface area contributed by atoms with Gasteiger partial charge in [0.2, 0.25) is 0 Å². The number of carbonyl (C=O) groups excluding carboxylic acids is 2. The maximum atomic E-state index is 13.0. The molecule has 2 N–H and O–H groups in total. The van der Waals surface area contributed by atoms with Crippen molar-refractivity contribution in [3.8, 4) is 11.5 Å². The zero-order valence-electron chi connectivity index (χ0n) is 20.0. The Morgan fingerprint density at radius 2 is 1.61 bits per heavy atom. The molecule has 4 aromatic rings. The molecule has 1 aliphatic rings. The van der Waals surface area contributed by atoms with Crippen molar-refractivity contribution in [2.75, 3.05) is 31.0 Å². The van der Waals surface area contributed by atoms with Crippen molar-refractivity contribution in [3.05, 3.63) is 89.1 Å². The summed E-state index contributed by atoms with van der Waals surface area (Å²) < 4.78 is 16.2. The van der Waals surface area contributed by atoms with E-state index in [1.165, 1.54) is 0 Å². The van der Waals surface area contributed by atoms with Crippen LogP contribution in [0, 0.1) is 6.92 Å².